The van der Waals surface area contributed by atoms with Crippen LogP contribution in [-0.4, -0.2) is 116 Å². The van der Waals surface area contributed by atoms with E-state index in [-0.39, 0.29) is 12.3 Å². The standard InChI is InChI=1S/C24H45NO11/c1-2-3-4-5-6-7-8-9-10-11-16(28)25-23-20(32)19(31)22(15(13-27)34-23)36-24-21(33)18(30)17(29)14(12-26)35-24/h14-15,17-24,26-27,29-33H,2-13H2,1H3,(H,25,28)/t14-,15-,17-,18+,19-,20+,21+,22-,23-,24+/m1/s1. The van der Waals surface area contributed by atoms with Crippen molar-refractivity contribution in [1.29, 1.82) is 0 Å². The van der Waals surface area contributed by atoms with Crippen LogP contribution < -0.4 is 5.32 Å². The fraction of sp³-hybridized carbons (Fsp3) is 0.958. The Bertz CT molecular complexity index is 623. The summed E-state index contributed by atoms with van der Waals surface area (Å²) in [5.41, 5.74) is 0. The van der Waals surface area contributed by atoms with E-state index in [1.807, 2.05) is 0 Å². The van der Waals surface area contributed by atoms with Crippen molar-refractivity contribution in [2.75, 3.05) is 13.2 Å². The van der Waals surface area contributed by atoms with Crippen LogP contribution in [0, 0.1) is 0 Å². The lowest BCUT2D eigenvalue weighted by Gasteiger charge is -2.46. The summed E-state index contributed by atoms with van der Waals surface area (Å²) in [7, 11) is 0. The fourth-order valence-corrected chi connectivity index (χ4v) is 4.54. The zero-order chi connectivity index (χ0) is 26.7. The van der Waals surface area contributed by atoms with Crippen LogP contribution in [0.5, 0.6) is 0 Å². The summed E-state index contributed by atoms with van der Waals surface area (Å²) >= 11 is 0. The highest BCUT2D eigenvalue weighted by Crippen LogP contribution is 2.28. The molecule has 12 heteroatoms. The number of carbonyl (C=O) groups excluding carboxylic acids is 1. The first-order valence-corrected chi connectivity index (χ1v) is 13.1. The van der Waals surface area contributed by atoms with Crippen molar-refractivity contribution < 1.29 is 54.8 Å². The second-order valence-corrected chi connectivity index (χ2v) is 9.70. The molecule has 2 saturated heterocycles. The van der Waals surface area contributed by atoms with Gasteiger partial charge in [0, 0.05) is 6.42 Å². The maximum Gasteiger partial charge on any atom is 0.222 e. The third-order valence-electron chi connectivity index (χ3n) is 6.81. The predicted molar refractivity (Wildman–Crippen MR) is 126 cm³/mol. The van der Waals surface area contributed by atoms with Gasteiger partial charge in [-0.3, -0.25) is 4.79 Å². The van der Waals surface area contributed by atoms with E-state index in [9.17, 15) is 40.5 Å². The van der Waals surface area contributed by atoms with E-state index in [0.717, 1.165) is 19.3 Å². The lowest BCUT2D eigenvalue weighted by Crippen LogP contribution is -2.66. The molecule has 0 spiro atoms. The van der Waals surface area contributed by atoms with Crippen LogP contribution in [-0.2, 0) is 19.0 Å². The second-order valence-electron chi connectivity index (χ2n) is 9.70. The molecule has 0 aromatic rings. The minimum absolute atomic E-state index is 0.229. The summed E-state index contributed by atoms with van der Waals surface area (Å²) in [6.07, 6.45) is -4.87. The van der Waals surface area contributed by atoms with E-state index < -0.39 is 74.6 Å². The molecule has 0 aliphatic carbocycles. The highest BCUT2D eigenvalue weighted by Gasteiger charge is 2.50. The van der Waals surface area contributed by atoms with E-state index >= 15 is 0 Å². The minimum atomic E-state index is -1.74. The normalized spacial score (nSPS) is 37.1. The molecular formula is C24H45NO11. The number of carbonyl (C=O) groups is 1. The molecule has 10 atom stereocenters. The van der Waals surface area contributed by atoms with Crippen LogP contribution in [0.1, 0.15) is 71.1 Å². The molecule has 0 saturated carbocycles. The number of ether oxygens (including phenoxy) is 3. The third-order valence-corrected chi connectivity index (χ3v) is 6.81. The van der Waals surface area contributed by atoms with E-state index in [4.69, 9.17) is 14.2 Å². The molecule has 2 fully saturated rings. The quantitative estimate of drug-likeness (QED) is 0.118. The Hall–Kier alpha value is -0.930. The lowest BCUT2D eigenvalue weighted by atomic mass is 9.96. The molecule has 0 unspecified atom stereocenters. The molecule has 2 heterocycles. The maximum absolute atomic E-state index is 12.3. The van der Waals surface area contributed by atoms with Gasteiger partial charge in [-0.15, -0.1) is 0 Å². The molecule has 36 heavy (non-hydrogen) atoms. The molecule has 2 rings (SSSR count). The average molecular weight is 524 g/mol. The molecule has 8 N–H and O–H groups in total. The smallest absolute Gasteiger partial charge is 0.222 e. The number of nitrogens with one attached hydrogen (secondary N) is 1. The molecular weight excluding hydrogens is 478 g/mol. The molecule has 0 aromatic carbocycles. The van der Waals surface area contributed by atoms with E-state index in [1.54, 1.807) is 0 Å². The molecule has 0 aromatic heterocycles. The molecule has 0 bridgehead atoms. The number of aliphatic hydroxyl groups is 7. The zero-order valence-corrected chi connectivity index (χ0v) is 21.0. The summed E-state index contributed by atoms with van der Waals surface area (Å²) in [5.74, 6) is -0.362. The molecule has 12 nitrogen and oxygen atoms in total. The molecule has 212 valence electrons. The first kappa shape index (κ1) is 31.3. The zero-order valence-electron chi connectivity index (χ0n) is 21.0. The molecule has 1 amide bonds. The van der Waals surface area contributed by atoms with Gasteiger partial charge in [-0.05, 0) is 6.42 Å². The number of rotatable bonds is 15. The van der Waals surface area contributed by atoms with Gasteiger partial charge >= 0.3 is 0 Å². The first-order chi connectivity index (χ1) is 17.2. The Morgan fingerprint density at radius 2 is 1.31 bits per heavy atom. The summed E-state index contributed by atoms with van der Waals surface area (Å²) < 4.78 is 16.3. The van der Waals surface area contributed by atoms with Crippen molar-refractivity contribution >= 4 is 5.91 Å². The van der Waals surface area contributed by atoms with Gasteiger partial charge in [-0.2, -0.15) is 0 Å². The van der Waals surface area contributed by atoms with Gasteiger partial charge in [-0.1, -0.05) is 58.3 Å². The van der Waals surface area contributed by atoms with Crippen LogP contribution in [0.25, 0.3) is 0 Å². The summed E-state index contributed by atoms with van der Waals surface area (Å²) in [6, 6.07) is 0. The van der Waals surface area contributed by atoms with Crippen molar-refractivity contribution in [3.05, 3.63) is 0 Å². The Labute approximate surface area is 212 Å². The number of hydrogen-bond donors (Lipinski definition) is 8. The van der Waals surface area contributed by atoms with Crippen molar-refractivity contribution in [2.45, 2.75) is 132 Å². The predicted octanol–water partition coefficient (Wildman–Crippen LogP) is -1.35. The summed E-state index contributed by atoms with van der Waals surface area (Å²) in [4.78, 5) is 12.3. The highest BCUT2D eigenvalue weighted by molar-refractivity contribution is 5.76. The SMILES string of the molecule is CCCCCCCCCCCC(=O)N[C@@H]1O[C@H](CO)[C@@H](O[C@@H]2O[C@H](CO)[C@@H](O)[C@H](O)[C@@H]2O)[C@H](O)[C@@H]1O. The topological polar surface area (TPSA) is 198 Å². The third kappa shape index (κ3) is 8.83. The number of amides is 1. The van der Waals surface area contributed by atoms with Crippen LogP contribution in [0.3, 0.4) is 0 Å². The van der Waals surface area contributed by atoms with Gasteiger partial charge < -0.3 is 55.3 Å². The largest absolute Gasteiger partial charge is 0.394 e. The lowest BCUT2D eigenvalue weighted by molar-refractivity contribution is -0.343. The Morgan fingerprint density at radius 3 is 1.89 bits per heavy atom. The van der Waals surface area contributed by atoms with Gasteiger partial charge in [0.2, 0.25) is 5.91 Å². The van der Waals surface area contributed by atoms with E-state index in [1.165, 1.54) is 32.1 Å². The summed E-state index contributed by atoms with van der Waals surface area (Å²) in [6.45, 7) is 0.855. The van der Waals surface area contributed by atoms with Crippen molar-refractivity contribution in [2.24, 2.45) is 0 Å². The summed E-state index contributed by atoms with van der Waals surface area (Å²) in [5, 5.41) is 72.7. The van der Waals surface area contributed by atoms with Crippen LogP contribution >= 0.6 is 0 Å². The average Bonchev–Trinajstić information content (AvgIpc) is 2.87. The Morgan fingerprint density at radius 1 is 0.722 bits per heavy atom. The first-order valence-electron chi connectivity index (χ1n) is 13.1. The van der Waals surface area contributed by atoms with Gasteiger partial charge in [0.05, 0.1) is 13.2 Å². The Kier molecular flexibility index (Phi) is 14.0. The van der Waals surface area contributed by atoms with Gasteiger partial charge in [0.15, 0.2) is 12.5 Å². The Balaban J connectivity index is 1.81. The second kappa shape index (κ2) is 16.1. The van der Waals surface area contributed by atoms with E-state index in [0.29, 0.717) is 6.42 Å². The minimum Gasteiger partial charge on any atom is -0.394 e. The molecule has 2 aliphatic rings. The van der Waals surface area contributed by atoms with Gasteiger partial charge in [0.25, 0.3) is 0 Å². The van der Waals surface area contributed by atoms with Crippen molar-refractivity contribution in [3.8, 4) is 0 Å². The van der Waals surface area contributed by atoms with Crippen molar-refractivity contribution in [3.63, 3.8) is 0 Å². The number of hydrogen-bond acceptors (Lipinski definition) is 11. The number of aliphatic hydroxyl groups excluding tert-OH is 7. The molecule has 2 aliphatic heterocycles. The van der Waals surface area contributed by atoms with E-state index in [2.05, 4.69) is 12.2 Å². The fourth-order valence-electron chi connectivity index (χ4n) is 4.54. The van der Waals surface area contributed by atoms with Gasteiger partial charge in [-0.25, -0.2) is 0 Å². The van der Waals surface area contributed by atoms with Crippen LogP contribution in [0.15, 0.2) is 0 Å². The number of unbranched alkanes of at least 4 members (excludes halogenated alkanes) is 8. The van der Waals surface area contributed by atoms with Crippen LogP contribution in [0.4, 0.5) is 0 Å². The van der Waals surface area contributed by atoms with Crippen LogP contribution in [0.2, 0.25) is 0 Å². The molecule has 0 radical (unpaired) electrons. The maximum atomic E-state index is 12.3. The van der Waals surface area contributed by atoms with Gasteiger partial charge in [0.1, 0.15) is 48.8 Å². The highest BCUT2D eigenvalue weighted by atomic mass is 16.7. The monoisotopic (exact) mass is 523 g/mol. The van der Waals surface area contributed by atoms with Crippen molar-refractivity contribution in [1.82, 2.24) is 5.32 Å².